The van der Waals surface area contributed by atoms with Gasteiger partial charge in [-0.25, -0.2) is 9.59 Å². The number of carbonyl (C=O) groups is 2. The van der Waals surface area contributed by atoms with Crippen LogP contribution in [0.4, 0.5) is 4.79 Å². The summed E-state index contributed by atoms with van der Waals surface area (Å²) in [5, 5.41) is 9.36. The van der Waals surface area contributed by atoms with Crippen LogP contribution in [0.3, 0.4) is 0 Å². The Bertz CT molecular complexity index is 364. The van der Waals surface area contributed by atoms with Crippen LogP contribution in [-0.2, 0) is 19.0 Å². The summed E-state index contributed by atoms with van der Waals surface area (Å²) < 4.78 is 15.2. The monoisotopic (exact) mass is 289 g/mol. The van der Waals surface area contributed by atoms with Crippen molar-refractivity contribution in [3.05, 3.63) is 0 Å². The minimum Gasteiger partial charge on any atom is -0.467 e. The van der Waals surface area contributed by atoms with Gasteiger partial charge in [0.05, 0.1) is 13.7 Å². The van der Waals surface area contributed by atoms with Crippen LogP contribution in [0.5, 0.6) is 0 Å². The zero-order valence-corrected chi connectivity index (χ0v) is 12.6. The molecule has 1 heterocycles. The van der Waals surface area contributed by atoms with Gasteiger partial charge in [-0.3, -0.25) is 4.90 Å². The minimum atomic E-state index is -0.808. The second-order valence-corrected chi connectivity index (χ2v) is 5.73. The number of likely N-dealkylation sites (tertiary alicyclic amines) is 1. The van der Waals surface area contributed by atoms with Crippen molar-refractivity contribution in [3.8, 4) is 0 Å². The predicted octanol–water partition coefficient (Wildman–Crippen LogP) is 0.750. The van der Waals surface area contributed by atoms with Crippen LogP contribution in [0.25, 0.3) is 0 Å². The maximum atomic E-state index is 12.3. The first-order valence-corrected chi connectivity index (χ1v) is 6.48. The summed E-state index contributed by atoms with van der Waals surface area (Å²) in [6, 6.07) is -0.808. The fourth-order valence-electron chi connectivity index (χ4n) is 2.28. The summed E-state index contributed by atoms with van der Waals surface area (Å²) in [7, 11) is 2.67. The Morgan fingerprint density at radius 3 is 2.30 bits per heavy atom. The number of rotatable bonds is 3. The molecule has 3 unspecified atom stereocenters. The molecule has 7 nitrogen and oxygen atoms in total. The third-order valence-electron chi connectivity index (χ3n) is 3.09. The Morgan fingerprint density at radius 1 is 1.30 bits per heavy atom. The number of nitrogens with zero attached hydrogens (tertiary/aromatic N) is 1. The summed E-state index contributed by atoms with van der Waals surface area (Å²) in [4.78, 5) is 25.3. The molecule has 1 rings (SSSR count). The van der Waals surface area contributed by atoms with Gasteiger partial charge in [-0.05, 0) is 27.2 Å². The molecule has 0 aromatic rings. The smallest absolute Gasteiger partial charge is 0.413 e. The highest BCUT2D eigenvalue weighted by Gasteiger charge is 2.49. The number of ether oxygens (including phenoxy) is 3. The molecule has 0 aromatic carbocycles. The van der Waals surface area contributed by atoms with E-state index in [1.807, 2.05) is 0 Å². The lowest BCUT2D eigenvalue weighted by atomic mass is 10.1. The van der Waals surface area contributed by atoms with Gasteiger partial charge in [0.25, 0.3) is 0 Å². The van der Waals surface area contributed by atoms with Crippen LogP contribution in [0.2, 0.25) is 0 Å². The van der Waals surface area contributed by atoms with Crippen LogP contribution < -0.4 is 0 Å². The Hall–Kier alpha value is -1.34. The highest BCUT2D eigenvalue weighted by molar-refractivity contribution is 5.82. The van der Waals surface area contributed by atoms with Gasteiger partial charge in [0, 0.05) is 13.0 Å². The first-order chi connectivity index (χ1) is 9.25. The average Bonchev–Trinajstić information content (AvgIpc) is 2.74. The Morgan fingerprint density at radius 2 is 1.90 bits per heavy atom. The number of aliphatic hydroxyl groups is 1. The number of amides is 1. The van der Waals surface area contributed by atoms with E-state index in [1.54, 1.807) is 20.8 Å². The minimum absolute atomic E-state index is 0.189. The summed E-state index contributed by atoms with van der Waals surface area (Å²) in [6.07, 6.45) is -1.09. The van der Waals surface area contributed by atoms with Crippen molar-refractivity contribution in [1.82, 2.24) is 4.90 Å². The summed E-state index contributed by atoms with van der Waals surface area (Å²) in [5.74, 6) is -0.898. The van der Waals surface area contributed by atoms with Crippen molar-refractivity contribution in [1.29, 1.82) is 0 Å². The zero-order chi connectivity index (χ0) is 15.5. The lowest BCUT2D eigenvalue weighted by molar-refractivity contribution is -0.148. The largest absolute Gasteiger partial charge is 0.467 e. The number of aliphatic hydroxyl groups excluding tert-OH is 1. The second-order valence-electron chi connectivity index (χ2n) is 5.73. The molecule has 0 saturated carbocycles. The number of esters is 1. The normalized spacial score (nSPS) is 26.5. The van der Waals surface area contributed by atoms with E-state index in [0.717, 1.165) is 0 Å². The van der Waals surface area contributed by atoms with Crippen molar-refractivity contribution >= 4 is 12.1 Å². The zero-order valence-electron chi connectivity index (χ0n) is 12.6. The van der Waals surface area contributed by atoms with Gasteiger partial charge in [-0.2, -0.15) is 0 Å². The highest BCUT2D eigenvalue weighted by atomic mass is 16.6. The molecule has 1 aliphatic heterocycles. The van der Waals surface area contributed by atoms with Crippen molar-refractivity contribution in [2.45, 2.75) is 45.1 Å². The van der Waals surface area contributed by atoms with Gasteiger partial charge in [-0.15, -0.1) is 0 Å². The van der Waals surface area contributed by atoms with Gasteiger partial charge in [0.2, 0.25) is 0 Å². The maximum Gasteiger partial charge on any atom is 0.413 e. The molecule has 0 radical (unpaired) electrons. The molecule has 0 aliphatic carbocycles. The molecule has 1 N–H and O–H groups in total. The van der Waals surface area contributed by atoms with E-state index in [9.17, 15) is 14.7 Å². The van der Waals surface area contributed by atoms with Crippen molar-refractivity contribution in [3.63, 3.8) is 0 Å². The molecule has 0 aromatic heterocycles. The van der Waals surface area contributed by atoms with Crippen molar-refractivity contribution in [2.75, 3.05) is 20.8 Å². The van der Waals surface area contributed by atoms with Crippen LogP contribution in [0.1, 0.15) is 27.2 Å². The Balaban J connectivity index is 3.00. The topological polar surface area (TPSA) is 85.3 Å². The number of methoxy groups -OCH3 is 2. The summed E-state index contributed by atoms with van der Waals surface area (Å²) >= 11 is 0. The molecule has 1 aliphatic rings. The first kappa shape index (κ1) is 16.7. The van der Waals surface area contributed by atoms with E-state index in [-0.39, 0.29) is 18.9 Å². The van der Waals surface area contributed by atoms with Crippen molar-refractivity contribution in [2.24, 2.45) is 5.92 Å². The van der Waals surface area contributed by atoms with Gasteiger partial charge in [0.15, 0.2) is 0 Å². The summed E-state index contributed by atoms with van der Waals surface area (Å²) in [5.41, 5.74) is -0.687. The fraction of sp³-hybridized carbons (Fsp3) is 0.846. The van der Waals surface area contributed by atoms with E-state index >= 15 is 0 Å². The predicted molar refractivity (Wildman–Crippen MR) is 69.9 cm³/mol. The van der Waals surface area contributed by atoms with Gasteiger partial charge < -0.3 is 19.3 Å². The molecule has 1 saturated heterocycles. The van der Waals surface area contributed by atoms with Crippen LogP contribution in [-0.4, -0.2) is 60.8 Å². The van der Waals surface area contributed by atoms with E-state index in [0.29, 0.717) is 0 Å². The highest BCUT2D eigenvalue weighted by Crippen LogP contribution is 2.32. The second kappa shape index (κ2) is 6.41. The van der Waals surface area contributed by atoms with Crippen LogP contribution in [0, 0.1) is 5.92 Å². The number of carbonyl (C=O) groups excluding carboxylic acids is 2. The Kier molecular flexibility index (Phi) is 5.35. The third kappa shape index (κ3) is 3.61. The van der Waals surface area contributed by atoms with E-state index < -0.39 is 29.9 Å². The lowest BCUT2D eigenvalue weighted by Crippen LogP contribution is -2.49. The molecule has 7 heteroatoms. The van der Waals surface area contributed by atoms with Crippen molar-refractivity contribution < 1.29 is 28.9 Å². The maximum absolute atomic E-state index is 12.3. The molecule has 1 fully saturated rings. The SMILES string of the molecule is COC(=O)C1CC(CO)C(OC)N1C(=O)OC(C)(C)C. The first-order valence-electron chi connectivity index (χ1n) is 6.48. The molecule has 0 bridgehead atoms. The molecule has 0 spiro atoms. The number of hydrogen-bond donors (Lipinski definition) is 1. The Labute approximate surface area is 118 Å². The quantitative estimate of drug-likeness (QED) is 0.772. The fourth-order valence-corrected chi connectivity index (χ4v) is 2.28. The standard InChI is InChI=1S/C13H23NO6/c1-13(2,3)20-12(17)14-9(11(16)19-5)6-8(7-15)10(14)18-4/h8-10,15H,6-7H2,1-5H3. The number of hydrogen-bond acceptors (Lipinski definition) is 6. The summed E-state index contributed by atoms with van der Waals surface area (Å²) in [6.45, 7) is 5.02. The lowest BCUT2D eigenvalue weighted by Gasteiger charge is -2.31. The van der Waals surface area contributed by atoms with Crippen LogP contribution >= 0.6 is 0 Å². The van der Waals surface area contributed by atoms with E-state index in [1.165, 1.54) is 19.1 Å². The third-order valence-corrected chi connectivity index (χ3v) is 3.09. The van der Waals surface area contributed by atoms with Gasteiger partial charge in [-0.1, -0.05) is 0 Å². The van der Waals surface area contributed by atoms with Crippen LogP contribution in [0.15, 0.2) is 0 Å². The molecular formula is C13H23NO6. The molecule has 1 amide bonds. The molecule has 116 valence electrons. The van der Waals surface area contributed by atoms with Gasteiger partial charge >= 0.3 is 12.1 Å². The molecular weight excluding hydrogens is 266 g/mol. The molecule has 20 heavy (non-hydrogen) atoms. The average molecular weight is 289 g/mol. The molecule has 3 atom stereocenters. The van der Waals surface area contributed by atoms with Gasteiger partial charge in [0.1, 0.15) is 17.9 Å². The van der Waals surface area contributed by atoms with E-state index in [4.69, 9.17) is 14.2 Å². The van der Waals surface area contributed by atoms with E-state index in [2.05, 4.69) is 0 Å².